The number of rotatable bonds is 8. The predicted molar refractivity (Wildman–Crippen MR) is 94.9 cm³/mol. The summed E-state index contributed by atoms with van der Waals surface area (Å²) >= 11 is 11.0. The highest BCUT2D eigenvalue weighted by Crippen LogP contribution is 2.24. The average Bonchev–Trinajstić information content (AvgIpc) is 2.57. The lowest BCUT2D eigenvalue weighted by atomic mass is 10.0. The van der Waals surface area contributed by atoms with Gasteiger partial charge in [0.1, 0.15) is 0 Å². The summed E-state index contributed by atoms with van der Waals surface area (Å²) in [4.78, 5) is 22.1. The number of aliphatic hydroxyl groups excluding tert-OH is 1. The molecule has 1 rings (SSSR count). The molecule has 0 spiro atoms. The predicted octanol–water partition coefficient (Wildman–Crippen LogP) is 1.59. The van der Waals surface area contributed by atoms with Crippen LogP contribution in [0.2, 0.25) is 0 Å². The summed E-state index contributed by atoms with van der Waals surface area (Å²) in [6, 6.07) is 4.33. The van der Waals surface area contributed by atoms with Crippen LogP contribution in [-0.4, -0.2) is 55.9 Å². The van der Waals surface area contributed by atoms with Crippen LogP contribution in [0.25, 0.3) is 0 Å². The maximum atomic E-state index is 11.7. The molecule has 2 N–H and O–H groups in total. The minimum atomic E-state index is -3.42. The molecule has 1 aromatic rings. The first-order valence-electron chi connectivity index (χ1n) is 7.43. The highest BCUT2D eigenvalue weighted by atomic mass is 35.5. The van der Waals surface area contributed by atoms with E-state index in [-0.39, 0.29) is 11.5 Å². The number of hydrogen-bond donors (Lipinski definition) is 2. The van der Waals surface area contributed by atoms with Crippen LogP contribution >= 0.6 is 23.2 Å². The lowest BCUT2D eigenvalue weighted by Crippen LogP contribution is -2.45. The van der Waals surface area contributed by atoms with E-state index in [4.69, 9.17) is 32.7 Å². The standard InChI is InChI=1S/C15H19Cl2NO7S/c1-3-24-15(21)25-12(11(8-19)18-14(20)13(16)17)9-4-6-10(7-5-9)26(2,22)23/h4-7,11-13,19H,3,8H2,1-2H3,(H,18,20)/t11-,12-/m1/s1. The van der Waals surface area contributed by atoms with Crippen LogP contribution in [0, 0.1) is 0 Å². The Hall–Kier alpha value is -1.55. The van der Waals surface area contributed by atoms with Crippen molar-refractivity contribution in [2.75, 3.05) is 19.5 Å². The van der Waals surface area contributed by atoms with Gasteiger partial charge in [0.15, 0.2) is 20.8 Å². The van der Waals surface area contributed by atoms with Crippen molar-refractivity contribution in [3.63, 3.8) is 0 Å². The Morgan fingerprint density at radius 1 is 1.23 bits per heavy atom. The van der Waals surface area contributed by atoms with E-state index >= 15 is 0 Å². The summed E-state index contributed by atoms with van der Waals surface area (Å²) in [5.74, 6) is -0.794. The smallest absolute Gasteiger partial charge is 0.435 e. The zero-order valence-corrected chi connectivity index (χ0v) is 16.3. The second-order valence-electron chi connectivity index (χ2n) is 5.16. The second kappa shape index (κ2) is 9.96. The molecular weight excluding hydrogens is 409 g/mol. The Labute approximate surface area is 161 Å². The van der Waals surface area contributed by atoms with E-state index < -0.39 is 45.5 Å². The molecule has 1 amide bonds. The molecule has 11 heteroatoms. The molecule has 2 atom stereocenters. The zero-order chi connectivity index (χ0) is 19.9. The number of aliphatic hydroxyl groups is 1. The number of carbonyl (C=O) groups is 2. The van der Waals surface area contributed by atoms with Gasteiger partial charge in [0.25, 0.3) is 5.91 Å². The molecule has 0 heterocycles. The number of hydrogen-bond acceptors (Lipinski definition) is 7. The molecule has 0 saturated heterocycles. The maximum absolute atomic E-state index is 11.7. The van der Waals surface area contributed by atoms with Crippen LogP contribution in [-0.2, 0) is 24.1 Å². The van der Waals surface area contributed by atoms with Crippen molar-refractivity contribution in [3.05, 3.63) is 29.8 Å². The minimum Gasteiger partial charge on any atom is -0.435 e. The third-order valence-electron chi connectivity index (χ3n) is 3.21. The van der Waals surface area contributed by atoms with Gasteiger partial charge in [0, 0.05) is 6.26 Å². The van der Waals surface area contributed by atoms with E-state index in [2.05, 4.69) is 5.32 Å². The Morgan fingerprint density at radius 2 is 1.81 bits per heavy atom. The molecule has 0 radical (unpaired) electrons. The molecule has 146 valence electrons. The lowest BCUT2D eigenvalue weighted by Gasteiger charge is -2.26. The molecule has 0 saturated carbocycles. The monoisotopic (exact) mass is 427 g/mol. The van der Waals surface area contributed by atoms with E-state index in [0.29, 0.717) is 5.56 Å². The van der Waals surface area contributed by atoms with E-state index in [1.807, 2.05) is 0 Å². The highest BCUT2D eigenvalue weighted by Gasteiger charge is 2.30. The largest absolute Gasteiger partial charge is 0.508 e. The van der Waals surface area contributed by atoms with Crippen LogP contribution in [0.15, 0.2) is 29.2 Å². The van der Waals surface area contributed by atoms with Gasteiger partial charge >= 0.3 is 6.16 Å². The van der Waals surface area contributed by atoms with Crippen LogP contribution in [0.1, 0.15) is 18.6 Å². The van der Waals surface area contributed by atoms with Gasteiger partial charge in [-0.2, -0.15) is 0 Å². The summed E-state index contributed by atoms with van der Waals surface area (Å²) in [5.41, 5.74) is 0.325. The molecular formula is C15H19Cl2NO7S. The molecule has 1 aromatic carbocycles. The molecule has 0 aliphatic rings. The number of alkyl halides is 2. The number of sulfone groups is 1. The summed E-state index contributed by atoms with van der Waals surface area (Å²) in [7, 11) is -3.42. The molecule has 0 aromatic heterocycles. The number of carbonyl (C=O) groups excluding carboxylic acids is 2. The van der Waals surface area contributed by atoms with Gasteiger partial charge in [-0.3, -0.25) is 4.79 Å². The van der Waals surface area contributed by atoms with Crippen molar-refractivity contribution >= 4 is 45.1 Å². The molecule has 8 nitrogen and oxygen atoms in total. The normalized spacial score (nSPS) is 13.8. The molecule has 0 aliphatic heterocycles. The third kappa shape index (κ3) is 6.64. The topological polar surface area (TPSA) is 119 Å². The first kappa shape index (κ1) is 22.5. The Kier molecular flexibility index (Phi) is 8.61. The summed E-state index contributed by atoms with van der Waals surface area (Å²) in [6.45, 7) is 1.03. The van der Waals surface area contributed by atoms with Crippen molar-refractivity contribution < 1.29 is 32.6 Å². The van der Waals surface area contributed by atoms with Gasteiger partial charge in [-0.15, -0.1) is 0 Å². The number of amides is 1. The Morgan fingerprint density at radius 3 is 2.23 bits per heavy atom. The van der Waals surface area contributed by atoms with E-state index in [1.54, 1.807) is 6.92 Å². The summed E-state index contributed by atoms with van der Waals surface area (Å²) in [5, 5.41) is 11.9. The van der Waals surface area contributed by atoms with Crippen molar-refractivity contribution in [3.8, 4) is 0 Å². The van der Waals surface area contributed by atoms with E-state index in [9.17, 15) is 23.1 Å². The lowest BCUT2D eigenvalue weighted by molar-refractivity contribution is -0.121. The highest BCUT2D eigenvalue weighted by molar-refractivity contribution is 7.90. The molecule has 0 aliphatic carbocycles. The Balaban J connectivity index is 3.17. The van der Waals surface area contributed by atoms with Crippen LogP contribution < -0.4 is 5.32 Å². The van der Waals surface area contributed by atoms with Crippen molar-refractivity contribution in [2.24, 2.45) is 0 Å². The fourth-order valence-electron chi connectivity index (χ4n) is 2.01. The Bertz CT molecular complexity index is 722. The summed E-state index contributed by atoms with van der Waals surface area (Å²) in [6.07, 6.45) is -1.14. The van der Waals surface area contributed by atoms with Gasteiger partial charge in [-0.25, -0.2) is 13.2 Å². The van der Waals surface area contributed by atoms with Gasteiger partial charge < -0.3 is 19.9 Å². The maximum Gasteiger partial charge on any atom is 0.508 e. The van der Waals surface area contributed by atoms with Gasteiger partial charge in [0.2, 0.25) is 0 Å². The van der Waals surface area contributed by atoms with Crippen molar-refractivity contribution in [2.45, 2.75) is 28.8 Å². The number of halogens is 2. The minimum absolute atomic E-state index is 0.0557. The van der Waals surface area contributed by atoms with Crippen molar-refractivity contribution in [1.29, 1.82) is 0 Å². The molecule has 26 heavy (non-hydrogen) atoms. The average molecular weight is 428 g/mol. The molecule has 0 fully saturated rings. The molecule has 0 bridgehead atoms. The fraction of sp³-hybridized carbons (Fsp3) is 0.467. The van der Waals surface area contributed by atoms with Gasteiger partial charge in [0.05, 0.1) is 24.2 Å². The zero-order valence-electron chi connectivity index (χ0n) is 14.0. The van der Waals surface area contributed by atoms with Gasteiger partial charge in [-0.05, 0) is 24.6 Å². The first-order chi connectivity index (χ1) is 12.1. The van der Waals surface area contributed by atoms with Gasteiger partial charge in [-0.1, -0.05) is 35.3 Å². The third-order valence-corrected chi connectivity index (χ3v) is 4.74. The van der Waals surface area contributed by atoms with Crippen molar-refractivity contribution in [1.82, 2.24) is 5.32 Å². The SMILES string of the molecule is CCOC(=O)O[C@H](c1ccc(S(C)(=O)=O)cc1)[C@@H](CO)NC(=O)C(Cl)Cl. The first-order valence-corrected chi connectivity index (χ1v) is 10.2. The summed E-state index contributed by atoms with van der Waals surface area (Å²) < 4.78 is 33.0. The number of benzene rings is 1. The fourth-order valence-corrected chi connectivity index (χ4v) is 2.76. The van der Waals surface area contributed by atoms with Crippen LogP contribution in [0.4, 0.5) is 4.79 Å². The molecule has 0 unspecified atom stereocenters. The van der Waals surface area contributed by atoms with E-state index in [0.717, 1.165) is 6.26 Å². The van der Waals surface area contributed by atoms with E-state index in [1.165, 1.54) is 24.3 Å². The van der Waals surface area contributed by atoms with Crippen LogP contribution in [0.3, 0.4) is 0 Å². The number of nitrogens with one attached hydrogen (secondary N) is 1. The van der Waals surface area contributed by atoms with Crippen LogP contribution in [0.5, 0.6) is 0 Å². The quantitative estimate of drug-likeness (QED) is 0.477. The second-order valence-corrected chi connectivity index (χ2v) is 8.27. The number of ether oxygens (including phenoxy) is 2.